The first-order valence-corrected chi connectivity index (χ1v) is 9.38. The molecule has 1 unspecified atom stereocenters. The van der Waals surface area contributed by atoms with Crippen molar-refractivity contribution in [1.82, 2.24) is 10.6 Å². The van der Waals surface area contributed by atoms with Gasteiger partial charge in [-0.2, -0.15) is 13.2 Å². The van der Waals surface area contributed by atoms with Gasteiger partial charge in [-0.3, -0.25) is 14.9 Å². The highest BCUT2D eigenvalue weighted by molar-refractivity contribution is 6.07. The van der Waals surface area contributed by atoms with Crippen molar-refractivity contribution >= 4 is 23.5 Å². The lowest BCUT2D eigenvalue weighted by molar-refractivity contribution is -0.138. The van der Waals surface area contributed by atoms with E-state index in [1.165, 1.54) is 13.0 Å². The number of nitrogens with one attached hydrogen (secondary N) is 3. The molecule has 0 bridgehead atoms. The zero-order valence-electron chi connectivity index (χ0n) is 16.2. The minimum absolute atomic E-state index is 0.0390. The van der Waals surface area contributed by atoms with E-state index >= 15 is 0 Å². The Balaban J connectivity index is 1.61. The van der Waals surface area contributed by atoms with Crippen LogP contribution in [-0.4, -0.2) is 17.8 Å². The summed E-state index contributed by atoms with van der Waals surface area (Å²) >= 11 is 0. The molecule has 6 nitrogen and oxygen atoms in total. The maximum absolute atomic E-state index is 13.8. The molecule has 1 saturated heterocycles. The normalized spacial score (nSPS) is 22.0. The van der Waals surface area contributed by atoms with Crippen molar-refractivity contribution in [2.75, 3.05) is 5.32 Å². The van der Waals surface area contributed by atoms with Crippen molar-refractivity contribution in [1.29, 1.82) is 0 Å². The number of urea groups is 1. The number of hydrogen-bond acceptors (Lipinski definition) is 3. The van der Waals surface area contributed by atoms with E-state index in [0.717, 1.165) is 12.1 Å². The van der Waals surface area contributed by atoms with Gasteiger partial charge in [0, 0.05) is 5.69 Å². The Labute approximate surface area is 174 Å². The van der Waals surface area contributed by atoms with Crippen molar-refractivity contribution in [2.24, 2.45) is 0 Å². The first kappa shape index (κ1) is 20.8. The fraction of sp³-hybridized carbons (Fsp3) is 0.286. The molecule has 1 atom stereocenters. The Hall–Kier alpha value is -3.43. The summed E-state index contributed by atoms with van der Waals surface area (Å²) in [6.45, 7) is 1.50. The molecule has 1 saturated carbocycles. The van der Waals surface area contributed by atoms with E-state index in [-0.39, 0.29) is 24.1 Å². The van der Waals surface area contributed by atoms with Crippen LogP contribution >= 0.6 is 0 Å². The lowest BCUT2D eigenvalue weighted by Crippen LogP contribution is -2.40. The molecule has 4 amide bonds. The van der Waals surface area contributed by atoms with Crippen molar-refractivity contribution in [3.8, 4) is 0 Å². The summed E-state index contributed by atoms with van der Waals surface area (Å²) in [5.41, 5.74) is -3.09. The van der Waals surface area contributed by atoms with Gasteiger partial charge in [-0.25, -0.2) is 9.18 Å². The smallest absolute Gasteiger partial charge is 0.325 e. The average molecular weight is 435 g/mol. The molecule has 3 N–H and O–H groups in total. The van der Waals surface area contributed by atoms with E-state index in [9.17, 15) is 31.9 Å². The highest BCUT2D eigenvalue weighted by atomic mass is 19.4. The van der Waals surface area contributed by atoms with Gasteiger partial charge in [0.15, 0.2) is 0 Å². The first-order valence-electron chi connectivity index (χ1n) is 9.38. The van der Waals surface area contributed by atoms with Gasteiger partial charge in [0.2, 0.25) is 5.91 Å². The van der Waals surface area contributed by atoms with E-state index in [0.29, 0.717) is 11.6 Å². The van der Waals surface area contributed by atoms with E-state index in [1.54, 1.807) is 18.2 Å². The summed E-state index contributed by atoms with van der Waals surface area (Å²) in [5.74, 6) is -2.20. The molecule has 162 valence electrons. The summed E-state index contributed by atoms with van der Waals surface area (Å²) in [6.07, 6.45) is -4.19. The van der Waals surface area contributed by atoms with E-state index in [1.807, 2.05) is 0 Å². The van der Waals surface area contributed by atoms with Gasteiger partial charge in [-0.1, -0.05) is 12.1 Å². The second-order valence-electron chi connectivity index (χ2n) is 7.88. The molecular formula is C21H17F4N3O3. The minimum Gasteiger partial charge on any atom is -0.325 e. The van der Waals surface area contributed by atoms with Crippen LogP contribution in [0.5, 0.6) is 0 Å². The number of alkyl halides is 3. The van der Waals surface area contributed by atoms with Crippen LogP contribution in [-0.2, 0) is 26.7 Å². The number of halogens is 4. The third-order valence-electron chi connectivity index (χ3n) is 5.70. The number of amides is 4. The molecule has 0 aromatic heterocycles. The number of hydrogen-bond donors (Lipinski definition) is 3. The summed E-state index contributed by atoms with van der Waals surface area (Å²) < 4.78 is 53.0. The van der Waals surface area contributed by atoms with E-state index in [2.05, 4.69) is 16.0 Å². The quantitative estimate of drug-likeness (QED) is 0.507. The first-order chi connectivity index (χ1) is 14.4. The van der Waals surface area contributed by atoms with Gasteiger partial charge in [-0.15, -0.1) is 0 Å². The molecule has 0 spiro atoms. The fourth-order valence-electron chi connectivity index (χ4n) is 3.71. The molecular weight excluding hydrogens is 418 g/mol. The standard InChI is InChI=1S/C21H17F4N3O3/c1-19(16(29)27-18(31)28-19)11-3-2-4-15(10-11)26-17(30)20(5-6-20)12-7-13(21(23,24)25)9-14(22)8-12/h2-4,7-10H,5-6H2,1H3,(H,26,30)(H2,27,28,29,31). The Morgan fingerprint density at radius 1 is 1.06 bits per heavy atom. The molecule has 2 aromatic rings. The van der Waals surface area contributed by atoms with Crippen LogP contribution in [0.1, 0.15) is 36.5 Å². The van der Waals surface area contributed by atoms with Gasteiger partial charge in [-0.05, 0) is 61.2 Å². The third-order valence-corrected chi connectivity index (χ3v) is 5.70. The van der Waals surface area contributed by atoms with E-state index < -0.39 is 46.4 Å². The van der Waals surface area contributed by atoms with Gasteiger partial charge >= 0.3 is 12.2 Å². The van der Waals surface area contributed by atoms with Crippen molar-refractivity contribution in [3.63, 3.8) is 0 Å². The summed E-state index contributed by atoms with van der Waals surface area (Å²) in [4.78, 5) is 36.6. The predicted octanol–water partition coefficient (Wildman–Crippen LogP) is 3.57. The zero-order valence-corrected chi connectivity index (χ0v) is 16.2. The molecule has 2 fully saturated rings. The number of rotatable bonds is 4. The summed E-state index contributed by atoms with van der Waals surface area (Å²) in [6, 6.07) is 7.68. The molecule has 2 aliphatic rings. The van der Waals surface area contributed by atoms with Crippen LogP contribution in [0.15, 0.2) is 42.5 Å². The topological polar surface area (TPSA) is 87.3 Å². The van der Waals surface area contributed by atoms with Crippen LogP contribution in [0.25, 0.3) is 0 Å². The SMILES string of the molecule is CC1(c2cccc(NC(=O)C3(c4cc(F)cc(C(F)(F)F)c4)CC3)c2)NC(=O)NC1=O. The number of imide groups is 1. The lowest BCUT2D eigenvalue weighted by atomic mass is 9.91. The Kier molecular flexibility index (Phi) is 4.56. The van der Waals surface area contributed by atoms with Crippen molar-refractivity contribution in [3.05, 3.63) is 65.0 Å². The van der Waals surface area contributed by atoms with Crippen LogP contribution < -0.4 is 16.0 Å². The highest BCUT2D eigenvalue weighted by Crippen LogP contribution is 2.50. The number of carbonyl (C=O) groups excluding carboxylic acids is 3. The van der Waals surface area contributed by atoms with Crippen LogP contribution in [0.2, 0.25) is 0 Å². The molecule has 31 heavy (non-hydrogen) atoms. The Bertz CT molecular complexity index is 1110. The van der Waals surface area contributed by atoms with Gasteiger partial charge in [0.1, 0.15) is 11.4 Å². The molecule has 0 radical (unpaired) electrons. The van der Waals surface area contributed by atoms with Gasteiger partial charge in [0.05, 0.1) is 11.0 Å². The Morgan fingerprint density at radius 3 is 2.35 bits per heavy atom. The molecule has 4 rings (SSSR count). The van der Waals surface area contributed by atoms with Gasteiger partial charge in [0.25, 0.3) is 5.91 Å². The average Bonchev–Trinajstić information content (AvgIpc) is 3.44. The molecule has 1 aliphatic heterocycles. The largest absolute Gasteiger partial charge is 0.416 e. The van der Waals surface area contributed by atoms with Crippen LogP contribution in [0.4, 0.5) is 28.0 Å². The summed E-state index contributed by atoms with van der Waals surface area (Å²) in [5, 5.41) is 7.29. The molecule has 10 heteroatoms. The van der Waals surface area contributed by atoms with Crippen LogP contribution in [0.3, 0.4) is 0 Å². The fourth-order valence-corrected chi connectivity index (χ4v) is 3.71. The number of benzene rings is 2. The maximum Gasteiger partial charge on any atom is 0.416 e. The third kappa shape index (κ3) is 3.62. The number of carbonyl (C=O) groups is 3. The van der Waals surface area contributed by atoms with Crippen LogP contribution in [0, 0.1) is 5.82 Å². The second-order valence-corrected chi connectivity index (χ2v) is 7.88. The monoisotopic (exact) mass is 435 g/mol. The summed E-state index contributed by atoms with van der Waals surface area (Å²) in [7, 11) is 0. The molecule has 1 heterocycles. The van der Waals surface area contributed by atoms with Gasteiger partial charge < -0.3 is 10.6 Å². The van der Waals surface area contributed by atoms with E-state index in [4.69, 9.17) is 0 Å². The zero-order chi connectivity index (χ0) is 22.6. The van der Waals surface area contributed by atoms with Crippen molar-refractivity contribution < 1.29 is 31.9 Å². The number of anilines is 1. The lowest BCUT2D eigenvalue weighted by Gasteiger charge is -2.22. The van der Waals surface area contributed by atoms with Crippen molar-refractivity contribution in [2.45, 2.75) is 36.9 Å². The molecule has 1 aliphatic carbocycles. The predicted molar refractivity (Wildman–Crippen MR) is 101 cm³/mol. The second kappa shape index (κ2) is 6.79. The maximum atomic E-state index is 13.8. The molecule has 2 aromatic carbocycles. The Morgan fingerprint density at radius 2 is 1.77 bits per heavy atom. The highest BCUT2D eigenvalue weighted by Gasteiger charge is 2.52. The minimum atomic E-state index is -4.74.